The molecule has 19 heavy (non-hydrogen) atoms. The summed E-state index contributed by atoms with van der Waals surface area (Å²) in [6.07, 6.45) is 4.73. The lowest BCUT2D eigenvalue weighted by molar-refractivity contribution is 0.104. The number of anilines is 1. The Hall–Kier alpha value is -0.870. The molecular formula is C14H22ClN3O. The summed E-state index contributed by atoms with van der Waals surface area (Å²) >= 11 is 6.11. The first kappa shape index (κ1) is 14.5. The second kappa shape index (κ2) is 6.53. The second-order valence-electron chi connectivity index (χ2n) is 5.33. The lowest BCUT2D eigenvalue weighted by Crippen LogP contribution is -2.25. The summed E-state index contributed by atoms with van der Waals surface area (Å²) in [7, 11) is 0. The molecule has 0 saturated heterocycles. The Bertz CT molecular complexity index is 439. The summed E-state index contributed by atoms with van der Waals surface area (Å²) in [6.45, 7) is 4.79. The van der Waals surface area contributed by atoms with Crippen molar-refractivity contribution in [1.29, 1.82) is 0 Å². The number of aliphatic hydroxyl groups is 1. The Balaban J connectivity index is 2.00. The van der Waals surface area contributed by atoms with E-state index in [1.165, 1.54) is 6.42 Å². The number of aliphatic hydroxyl groups excluding tert-OH is 1. The topological polar surface area (TPSA) is 58.0 Å². The second-order valence-corrected chi connectivity index (χ2v) is 5.68. The fourth-order valence-electron chi connectivity index (χ4n) is 2.55. The van der Waals surface area contributed by atoms with E-state index in [1.807, 2.05) is 13.8 Å². The van der Waals surface area contributed by atoms with E-state index in [-0.39, 0.29) is 6.10 Å². The van der Waals surface area contributed by atoms with Gasteiger partial charge >= 0.3 is 0 Å². The quantitative estimate of drug-likeness (QED) is 0.834. The van der Waals surface area contributed by atoms with Gasteiger partial charge in [-0.2, -0.15) is 0 Å². The van der Waals surface area contributed by atoms with Gasteiger partial charge in [0, 0.05) is 18.5 Å². The molecule has 1 aliphatic carbocycles. The van der Waals surface area contributed by atoms with Crippen molar-refractivity contribution in [3.05, 3.63) is 16.5 Å². The highest BCUT2D eigenvalue weighted by Crippen LogP contribution is 2.26. The van der Waals surface area contributed by atoms with Gasteiger partial charge in [0.25, 0.3) is 0 Å². The fourth-order valence-corrected chi connectivity index (χ4v) is 2.74. The van der Waals surface area contributed by atoms with Gasteiger partial charge in [-0.25, -0.2) is 9.97 Å². The molecule has 2 N–H and O–H groups in total. The average molecular weight is 284 g/mol. The molecule has 0 aliphatic heterocycles. The van der Waals surface area contributed by atoms with Crippen molar-refractivity contribution in [3.8, 4) is 0 Å². The van der Waals surface area contributed by atoms with Crippen LogP contribution >= 0.6 is 11.6 Å². The smallest absolute Gasteiger partial charge is 0.137 e. The molecule has 0 radical (unpaired) electrons. The van der Waals surface area contributed by atoms with E-state index in [9.17, 15) is 5.11 Å². The van der Waals surface area contributed by atoms with Gasteiger partial charge in [-0.15, -0.1) is 0 Å². The molecule has 1 saturated carbocycles. The molecule has 0 amide bonds. The number of aryl methyl sites for hydroxylation is 1. The van der Waals surface area contributed by atoms with E-state index < -0.39 is 0 Å². The normalized spacial score (nSPS) is 23.4. The fraction of sp³-hybridized carbons (Fsp3) is 0.714. The first-order valence-corrected chi connectivity index (χ1v) is 7.43. The van der Waals surface area contributed by atoms with Gasteiger partial charge in [0.15, 0.2) is 0 Å². The first-order valence-electron chi connectivity index (χ1n) is 7.05. The Morgan fingerprint density at radius 2 is 2.16 bits per heavy atom. The number of hydrogen-bond acceptors (Lipinski definition) is 4. The van der Waals surface area contributed by atoms with Gasteiger partial charge < -0.3 is 10.4 Å². The molecule has 1 aromatic rings. The van der Waals surface area contributed by atoms with Crippen LogP contribution in [-0.4, -0.2) is 27.7 Å². The lowest BCUT2D eigenvalue weighted by atomic mass is 9.87. The van der Waals surface area contributed by atoms with E-state index >= 15 is 0 Å². The van der Waals surface area contributed by atoms with E-state index in [0.29, 0.717) is 11.1 Å². The minimum atomic E-state index is -0.137. The van der Waals surface area contributed by atoms with Crippen LogP contribution in [-0.2, 0) is 6.42 Å². The molecule has 106 valence electrons. The predicted molar refractivity (Wildman–Crippen MR) is 77.6 cm³/mol. The molecule has 1 aliphatic rings. The van der Waals surface area contributed by atoms with E-state index in [2.05, 4.69) is 15.3 Å². The number of hydrogen-bond donors (Lipinski definition) is 2. The van der Waals surface area contributed by atoms with Crippen molar-refractivity contribution in [1.82, 2.24) is 9.97 Å². The standard InChI is InChI=1S/C14H22ClN3O/c1-3-12-17-13(15)9(2)14(18-12)16-8-10-5-4-6-11(19)7-10/h10-11,19H,3-8H2,1-2H3,(H,16,17,18). The molecule has 2 unspecified atom stereocenters. The molecule has 2 rings (SSSR count). The number of nitrogens with zero attached hydrogens (tertiary/aromatic N) is 2. The molecule has 2 atom stereocenters. The molecule has 4 nitrogen and oxygen atoms in total. The largest absolute Gasteiger partial charge is 0.393 e. The van der Waals surface area contributed by atoms with Crippen LogP contribution in [0.5, 0.6) is 0 Å². The minimum absolute atomic E-state index is 0.137. The van der Waals surface area contributed by atoms with Crippen molar-refractivity contribution >= 4 is 17.4 Å². The Morgan fingerprint density at radius 3 is 2.84 bits per heavy atom. The van der Waals surface area contributed by atoms with E-state index in [0.717, 1.165) is 49.4 Å². The van der Waals surface area contributed by atoms with Crippen LogP contribution in [0, 0.1) is 12.8 Å². The highest BCUT2D eigenvalue weighted by molar-refractivity contribution is 6.30. The highest BCUT2D eigenvalue weighted by Gasteiger charge is 2.20. The number of halogens is 1. The summed E-state index contributed by atoms with van der Waals surface area (Å²) < 4.78 is 0. The van der Waals surface area contributed by atoms with Crippen LogP contribution in [0.4, 0.5) is 5.82 Å². The van der Waals surface area contributed by atoms with Gasteiger partial charge in [-0.1, -0.05) is 24.9 Å². The zero-order valence-electron chi connectivity index (χ0n) is 11.6. The van der Waals surface area contributed by atoms with Crippen molar-refractivity contribution in [2.45, 2.75) is 52.1 Å². The lowest BCUT2D eigenvalue weighted by Gasteiger charge is -2.26. The number of nitrogens with one attached hydrogen (secondary N) is 1. The van der Waals surface area contributed by atoms with Gasteiger partial charge in [0.05, 0.1) is 6.10 Å². The average Bonchev–Trinajstić information content (AvgIpc) is 2.40. The van der Waals surface area contributed by atoms with Gasteiger partial charge in [-0.3, -0.25) is 0 Å². The third kappa shape index (κ3) is 3.80. The van der Waals surface area contributed by atoms with Crippen LogP contribution in [0.2, 0.25) is 5.15 Å². The Morgan fingerprint density at radius 1 is 1.37 bits per heavy atom. The molecule has 0 spiro atoms. The van der Waals surface area contributed by atoms with Crippen LogP contribution in [0.25, 0.3) is 0 Å². The molecule has 0 bridgehead atoms. The summed E-state index contributed by atoms with van der Waals surface area (Å²) in [5, 5.41) is 13.6. The SMILES string of the molecule is CCc1nc(Cl)c(C)c(NCC2CCCC(O)C2)n1. The predicted octanol–water partition coefficient (Wildman–Crippen LogP) is 2.96. The molecular weight excluding hydrogens is 262 g/mol. The highest BCUT2D eigenvalue weighted by atomic mass is 35.5. The summed E-state index contributed by atoms with van der Waals surface area (Å²) in [4.78, 5) is 8.72. The van der Waals surface area contributed by atoms with Gasteiger partial charge in [-0.05, 0) is 32.1 Å². The molecule has 1 heterocycles. The monoisotopic (exact) mass is 283 g/mol. The molecule has 1 fully saturated rings. The van der Waals surface area contributed by atoms with Crippen molar-refractivity contribution in [2.75, 3.05) is 11.9 Å². The van der Waals surface area contributed by atoms with Crippen LogP contribution in [0.1, 0.15) is 44.0 Å². The number of aromatic nitrogens is 2. The zero-order valence-corrected chi connectivity index (χ0v) is 12.4. The van der Waals surface area contributed by atoms with Gasteiger partial charge in [0.1, 0.15) is 16.8 Å². The maximum absolute atomic E-state index is 9.68. The zero-order chi connectivity index (χ0) is 13.8. The van der Waals surface area contributed by atoms with Crippen molar-refractivity contribution < 1.29 is 5.11 Å². The summed E-state index contributed by atoms with van der Waals surface area (Å²) in [6, 6.07) is 0. The number of rotatable bonds is 4. The van der Waals surface area contributed by atoms with Crippen LogP contribution in [0.3, 0.4) is 0 Å². The third-order valence-electron chi connectivity index (χ3n) is 3.76. The maximum Gasteiger partial charge on any atom is 0.137 e. The third-order valence-corrected chi connectivity index (χ3v) is 4.13. The van der Waals surface area contributed by atoms with E-state index in [1.54, 1.807) is 0 Å². The Kier molecular flexibility index (Phi) is 4.99. The maximum atomic E-state index is 9.68. The minimum Gasteiger partial charge on any atom is -0.393 e. The first-order chi connectivity index (χ1) is 9.10. The van der Waals surface area contributed by atoms with Crippen LogP contribution < -0.4 is 5.32 Å². The van der Waals surface area contributed by atoms with Crippen LogP contribution in [0.15, 0.2) is 0 Å². The molecule has 5 heteroatoms. The Labute approximate surface area is 119 Å². The van der Waals surface area contributed by atoms with Crippen molar-refractivity contribution in [3.63, 3.8) is 0 Å². The molecule has 0 aromatic carbocycles. The van der Waals surface area contributed by atoms with Gasteiger partial charge in [0.2, 0.25) is 0 Å². The van der Waals surface area contributed by atoms with E-state index in [4.69, 9.17) is 11.6 Å². The van der Waals surface area contributed by atoms with Crippen molar-refractivity contribution in [2.24, 2.45) is 5.92 Å². The molecule has 1 aromatic heterocycles. The summed E-state index contributed by atoms with van der Waals surface area (Å²) in [5.41, 5.74) is 0.898. The summed E-state index contributed by atoms with van der Waals surface area (Å²) in [5.74, 6) is 2.11.